The summed E-state index contributed by atoms with van der Waals surface area (Å²) >= 11 is 0. The minimum Gasteiger partial charge on any atom is -0.481 e. The number of aliphatic carboxylic acids is 5. The molecule has 0 saturated carbocycles. The highest BCUT2D eigenvalue weighted by atomic mass is 19.1. The van der Waals surface area contributed by atoms with E-state index in [0.717, 1.165) is 5.56 Å². The molecule has 13 N–H and O–H groups in total. The Bertz CT molecular complexity index is 2710. The van der Waals surface area contributed by atoms with Crippen molar-refractivity contribution in [1.82, 2.24) is 26.1 Å². The van der Waals surface area contributed by atoms with Crippen LogP contribution >= 0.6 is 0 Å². The van der Waals surface area contributed by atoms with Gasteiger partial charge in [-0.15, -0.1) is 0 Å². The van der Waals surface area contributed by atoms with Gasteiger partial charge in [-0.05, 0) is 73.6 Å². The lowest BCUT2D eigenvalue weighted by Gasteiger charge is -2.19. The molecule has 0 aliphatic carbocycles. The Morgan fingerprint density at radius 3 is 1.79 bits per heavy atom. The van der Waals surface area contributed by atoms with E-state index in [-0.39, 0.29) is 24.2 Å². The third-order valence-electron chi connectivity index (χ3n) is 11.1. The van der Waals surface area contributed by atoms with Crippen LogP contribution in [0.25, 0.3) is 22.0 Å². The normalized spacial score (nSPS) is 13.0. The molecule has 72 heavy (non-hydrogen) atoms. The molecule has 0 saturated heterocycles. The number of aromatic amines is 1. The average Bonchev–Trinajstić information content (AvgIpc) is 3.72. The van der Waals surface area contributed by atoms with E-state index in [9.17, 15) is 77.6 Å². The Hall–Kier alpha value is -8.61. The zero-order valence-corrected chi connectivity index (χ0v) is 38.6. The number of Topliss-reactive ketones (excluding diaryl/α,β-unsaturated/α-hetero) is 1. The number of carboxylic acids is 5. The summed E-state index contributed by atoms with van der Waals surface area (Å²) in [5.41, 5.74) is 9.27. The zero-order chi connectivity index (χ0) is 53.2. The number of amides is 5. The number of carbonyl (C=O) groups excluding carboxylic acids is 6. The smallest absolute Gasteiger partial charge is 0.326 e. The van der Waals surface area contributed by atoms with Gasteiger partial charge in [0.15, 0.2) is 5.82 Å². The number of fused-ring (bicyclic) bond motifs is 1. The maximum absolute atomic E-state index is 14.2. The Kier molecular flexibility index (Phi) is 20.5. The van der Waals surface area contributed by atoms with E-state index >= 15 is 0 Å². The number of hydrogen-bond acceptors (Lipinski definition) is 13. The number of aryl methyl sites for hydroxylation is 1. The second-order valence-corrected chi connectivity index (χ2v) is 16.7. The number of nitrogens with one attached hydrogen (secondary N) is 6. The van der Waals surface area contributed by atoms with Gasteiger partial charge in [-0.3, -0.25) is 43.5 Å². The Morgan fingerprint density at radius 1 is 0.639 bits per heavy atom. The van der Waals surface area contributed by atoms with E-state index in [1.807, 2.05) is 0 Å². The van der Waals surface area contributed by atoms with Crippen LogP contribution in [0.3, 0.4) is 0 Å². The van der Waals surface area contributed by atoms with Crippen LogP contribution in [-0.4, -0.2) is 125 Å². The summed E-state index contributed by atoms with van der Waals surface area (Å²) in [6.07, 6.45) is -5.65. The number of anilines is 2. The lowest BCUT2D eigenvalue weighted by atomic mass is 9.94. The van der Waals surface area contributed by atoms with E-state index in [1.165, 1.54) is 6.07 Å². The standard InChI is InChI=1S/C47H53FN8O16/c1-23-5-12-30(48)26(19-23)21-38(60)50-27-9-6-24(7-10-27)29-3-2-4-32-41(29)42(56-55-32)54-39(61)22-31(49)43(64)53-35(47(71)72)15-17-37(59)52-34(46(69)70)14-16-36(58)51-33(45(67)68)13-11-28(57)20-25(44(65)66)8-18-40(62)63/h2-7,9-10,12,19,25,31,33-35H,8,11,13-18,20-22,49H2,1H3,(H,50,60)(H,51,58)(H,52,59)(H,53,64)(H,62,63)(H,65,66)(H,67,68)(H,69,70)(H,71,72)(H2,54,55,56,61)/t25-,31+,33+,34+,35+/m1/s1. The van der Waals surface area contributed by atoms with E-state index in [2.05, 4.69) is 36.8 Å². The SMILES string of the molecule is Cc1ccc(F)c(CC(=O)Nc2ccc(-c3cccc4[nH]nc(NC(=O)C[C@H](N)C(=O)N[C@@H](CCC(=O)N[C@@H](CCC(=O)N[C@@H](CCC(=O)C[C@@H](CCC(=O)O)C(=O)O)C(=O)O)C(=O)O)C(=O)O)c34)cc2)c1. The number of hydrogen-bond donors (Lipinski definition) is 12. The zero-order valence-electron chi connectivity index (χ0n) is 38.6. The lowest BCUT2D eigenvalue weighted by Crippen LogP contribution is -2.50. The number of carbonyl (C=O) groups is 11. The van der Waals surface area contributed by atoms with Crippen molar-refractivity contribution >= 4 is 87.6 Å². The lowest BCUT2D eigenvalue weighted by molar-refractivity contribution is -0.145. The number of nitrogens with two attached hydrogens (primary N) is 1. The van der Waals surface area contributed by atoms with Crippen LogP contribution in [-0.2, 0) is 59.2 Å². The summed E-state index contributed by atoms with van der Waals surface area (Å²) in [7, 11) is 0. The Balaban J connectivity index is 1.26. The highest BCUT2D eigenvalue weighted by Crippen LogP contribution is 2.33. The molecule has 3 aromatic carbocycles. The first-order chi connectivity index (χ1) is 34.0. The van der Waals surface area contributed by atoms with Gasteiger partial charge in [0.05, 0.1) is 35.7 Å². The maximum Gasteiger partial charge on any atom is 0.326 e. The average molecular weight is 1000 g/mol. The summed E-state index contributed by atoms with van der Waals surface area (Å²) in [6, 6.07) is 9.69. The third kappa shape index (κ3) is 17.4. The molecule has 384 valence electrons. The molecule has 24 nitrogen and oxygen atoms in total. The monoisotopic (exact) mass is 1000 g/mol. The Morgan fingerprint density at radius 2 is 1.22 bits per heavy atom. The molecule has 5 amide bonds. The molecule has 1 heterocycles. The molecule has 0 fully saturated rings. The molecule has 0 radical (unpaired) electrons. The van der Waals surface area contributed by atoms with Crippen molar-refractivity contribution < 1.29 is 82.7 Å². The van der Waals surface area contributed by atoms with Crippen molar-refractivity contribution in [2.75, 3.05) is 10.6 Å². The predicted octanol–water partition coefficient (Wildman–Crippen LogP) is 2.09. The summed E-state index contributed by atoms with van der Waals surface area (Å²) in [4.78, 5) is 134. The molecule has 25 heteroatoms. The highest BCUT2D eigenvalue weighted by molar-refractivity contribution is 6.07. The quantitative estimate of drug-likeness (QED) is 0.0370. The van der Waals surface area contributed by atoms with Gasteiger partial charge in [0.1, 0.15) is 29.7 Å². The van der Waals surface area contributed by atoms with Gasteiger partial charge in [-0.2, -0.15) is 5.10 Å². The van der Waals surface area contributed by atoms with Crippen molar-refractivity contribution in [3.63, 3.8) is 0 Å². The molecule has 4 rings (SSSR count). The van der Waals surface area contributed by atoms with Gasteiger partial charge in [0.25, 0.3) is 0 Å². The number of halogens is 1. The molecule has 0 spiro atoms. The van der Waals surface area contributed by atoms with Gasteiger partial charge in [-0.25, -0.2) is 18.8 Å². The number of benzene rings is 3. The minimum absolute atomic E-state index is 0.0704. The number of H-pyrrole nitrogens is 1. The molecule has 0 aliphatic rings. The van der Waals surface area contributed by atoms with Crippen LogP contribution < -0.4 is 32.3 Å². The van der Waals surface area contributed by atoms with E-state index in [0.29, 0.717) is 27.7 Å². The largest absolute Gasteiger partial charge is 0.481 e. The van der Waals surface area contributed by atoms with Crippen LogP contribution in [0.15, 0.2) is 60.7 Å². The van der Waals surface area contributed by atoms with Gasteiger partial charge in [0, 0.05) is 37.8 Å². The second-order valence-electron chi connectivity index (χ2n) is 16.7. The van der Waals surface area contributed by atoms with Crippen LogP contribution in [0.2, 0.25) is 0 Å². The first-order valence-electron chi connectivity index (χ1n) is 22.2. The second kappa shape index (κ2) is 26.4. The number of aromatic nitrogens is 2. The van der Waals surface area contributed by atoms with Crippen molar-refractivity contribution in [3.8, 4) is 11.1 Å². The maximum atomic E-state index is 14.2. The first kappa shape index (κ1) is 56.0. The van der Waals surface area contributed by atoms with Gasteiger partial charge in [0.2, 0.25) is 29.5 Å². The minimum atomic E-state index is -1.74. The number of ketones is 1. The van der Waals surface area contributed by atoms with Gasteiger partial charge in [-0.1, -0.05) is 42.0 Å². The van der Waals surface area contributed by atoms with Crippen LogP contribution in [0.1, 0.15) is 75.3 Å². The predicted molar refractivity (Wildman–Crippen MR) is 250 cm³/mol. The summed E-state index contributed by atoms with van der Waals surface area (Å²) in [6.45, 7) is 1.79. The molecular weight excluding hydrogens is 952 g/mol. The van der Waals surface area contributed by atoms with Gasteiger partial charge >= 0.3 is 29.8 Å². The van der Waals surface area contributed by atoms with Crippen molar-refractivity contribution in [2.24, 2.45) is 11.7 Å². The third-order valence-corrected chi connectivity index (χ3v) is 11.1. The summed E-state index contributed by atoms with van der Waals surface area (Å²) in [5.74, 6) is -14.2. The molecule has 0 aliphatic heterocycles. The van der Waals surface area contributed by atoms with E-state index < -0.39 is 159 Å². The van der Waals surface area contributed by atoms with Crippen molar-refractivity contribution in [1.29, 1.82) is 0 Å². The molecule has 1 aromatic heterocycles. The van der Waals surface area contributed by atoms with Crippen molar-refractivity contribution in [3.05, 3.63) is 77.6 Å². The van der Waals surface area contributed by atoms with Gasteiger partial charge < -0.3 is 57.9 Å². The number of nitrogens with zero attached hydrogens (tertiary/aromatic N) is 1. The number of rotatable bonds is 29. The number of carboxylic acid groups (broad SMARTS) is 5. The fourth-order valence-corrected chi connectivity index (χ4v) is 7.26. The fourth-order valence-electron chi connectivity index (χ4n) is 7.26. The fraction of sp³-hybridized carbons (Fsp3) is 0.362. The first-order valence-corrected chi connectivity index (χ1v) is 22.2. The molecule has 5 atom stereocenters. The van der Waals surface area contributed by atoms with Crippen LogP contribution in [0.4, 0.5) is 15.9 Å². The Labute approximate surface area is 408 Å². The van der Waals surface area contributed by atoms with Crippen LogP contribution in [0, 0.1) is 18.7 Å². The molecule has 0 unspecified atom stereocenters. The topological polar surface area (TPSA) is 404 Å². The highest BCUT2D eigenvalue weighted by Gasteiger charge is 2.29. The summed E-state index contributed by atoms with van der Waals surface area (Å²) < 4.78 is 14.2. The van der Waals surface area contributed by atoms with Crippen LogP contribution in [0.5, 0.6) is 0 Å². The summed E-state index contributed by atoms with van der Waals surface area (Å²) in [5, 5.41) is 66.1. The molecule has 0 bridgehead atoms. The van der Waals surface area contributed by atoms with Crippen molar-refractivity contribution in [2.45, 2.75) is 102 Å². The van der Waals surface area contributed by atoms with E-state index in [4.69, 9.17) is 10.8 Å². The van der Waals surface area contributed by atoms with E-state index in [1.54, 1.807) is 61.5 Å². The molecule has 4 aromatic rings. The molecular formula is C47H53FN8O16.